The van der Waals surface area contributed by atoms with E-state index in [9.17, 15) is 0 Å². The van der Waals surface area contributed by atoms with Gasteiger partial charge in [0.05, 0.1) is 11.9 Å². The second kappa shape index (κ2) is 7.50. The van der Waals surface area contributed by atoms with Crippen molar-refractivity contribution in [3.63, 3.8) is 0 Å². The molecule has 27 heavy (non-hydrogen) atoms. The molecular weight excluding hydrogens is 334 g/mol. The van der Waals surface area contributed by atoms with Crippen LogP contribution in [0.1, 0.15) is 16.7 Å². The molecular formula is C22H21N5. The molecule has 0 saturated heterocycles. The molecule has 4 aromatic rings. The highest BCUT2D eigenvalue weighted by Crippen LogP contribution is 2.25. The fraction of sp³-hybridized carbons (Fsp3) is 0.182. The Hall–Kier alpha value is -3.34. The third kappa shape index (κ3) is 3.62. The number of aromatic nitrogens is 5. The van der Waals surface area contributed by atoms with Crippen LogP contribution >= 0.6 is 0 Å². The van der Waals surface area contributed by atoms with Crippen molar-refractivity contribution in [3.8, 4) is 22.6 Å². The summed E-state index contributed by atoms with van der Waals surface area (Å²) in [6.07, 6.45) is 10.3. The zero-order chi connectivity index (χ0) is 18.6. The van der Waals surface area contributed by atoms with Gasteiger partial charge in [0.15, 0.2) is 0 Å². The first-order valence-corrected chi connectivity index (χ1v) is 9.02. The summed E-state index contributed by atoms with van der Waals surface area (Å²) < 4.78 is 2.18. The molecule has 0 fully saturated rings. The van der Waals surface area contributed by atoms with Gasteiger partial charge in [0, 0.05) is 42.5 Å². The fourth-order valence-corrected chi connectivity index (χ4v) is 3.13. The van der Waals surface area contributed by atoms with Crippen LogP contribution in [0.2, 0.25) is 0 Å². The van der Waals surface area contributed by atoms with Gasteiger partial charge >= 0.3 is 0 Å². The van der Waals surface area contributed by atoms with Gasteiger partial charge in [-0.2, -0.15) is 10.2 Å². The average Bonchev–Trinajstić information content (AvgIpc) is 3.18. The molecule has 0 unspecified atom stereocenters. The summed E-state index contributed by atoms with van der Waals surface area (Å²) in [6.45, 7) is 5.00. The molecule has 5 nitrogen and oxygen atoms in total. The van der Waals surface area contributed by atoms with Gasteiger partial charge in [0.1, 0.15) is 5.82 Å². The molecule has 5 heteroatoms. The maximum Gasteiger partial charge on any atom is 0.139 e. The van der Waals surface area contributed by atoms with E-state index in [0.29, 0.717) is 0 Å². The summed E-state index contributed by atoms with van der Waals surface area (Å²) in [6, 6.07) is 12.4. The second-order valence-electron chi connectivity index (χ2n) is 6.63. The number of benzene rings is 1. The summed E-state index contributed by atoms with van der Waals surface area (Å²) in [7, 11) is 0. The van der Waals surface area contributed by atoms with E-state index in [2.05, 4.69) is 68.9 Å². The lowest BCUT2D eigenvalue weighted by Gasteiger charge is -2.10. The first kappa shape index (κ1) is 17.1. The highest BCUT2D eigenvalue weighted by molar-refractivity contribution is 5.67. The molecule has 0 aliphatic heterocycles. The van der Waals surface area contributed by atoms with Gasteiger partial charge in [-0.3, -0.25) is 4.98 Å². The highest BCUT2D eigenvalue weighted by atomic mass is 15.1. The molecule has 3 heterocycles. The topological polar surface area (TPSA) is 56.5 Å². The van der Waals surface area contributed by atoms with E-state index in [1.807, 2.05) is 24.7 Å². The molecule has 0 N–H and O–H groups in total. The normalized spacial score (nSPS) is 10.9. The zero-order valence-corrected chi connectivity index (χ0v) is 15.5. The van der Waals surface area contributed by atoms with Crippen molar-refractivity contribution >= 4 is 0 Å². The first-order chi connectivity index (χ1) is 13.2. The van der Waals surface area contributed by atoms with Crippen LogP contribution in [-0.4, -0.2) is 24.7 Å². The monoisotopic (exact) mass is 355 g/mol. The van der Waals surface area contributed by atoms with E-state index in [0.717, 1.165) is 46.7 Å². The summed E-state index contributed by atoms with van der Waals surface area (Å²) in [4.78, 5) is 8.73. The van der Waals surface area contributed by atoms with Crippen molar-refractivity contribution in [1.29, 1.82) is 0 Å². The van der Waals surface area contributed by atoms with E-state index in [-0.39, 0.29) is 0 Å². The van der Waals surface area contributed by atoms with Gasteiger partial charge in [-0.1, -0.05) is 30.3 Å². The van der Waals surface area contributed by atoms with Crippen LogP contribution in [0.25, 0.3) is 22.6 Å². The van der Waals surface area contributed by atoms with Crippen molar-refractivity contribution in [2.45, 2.75) is 26.8 Å². The third-order valence-electron chi connectivity index (χ3n) is 4.85. The zero-order valence-electron chi connectivity index (χ0n) is 15.5. The molecule has 0 atom stereocenters. The van der Waals surface area contributed by atoms with Gasteiger partial charge in [-0.15, -0.1) is 0 Å². The van der Waals surface area contributed by atoms with E-state index in [1.165, 1.54) is 5.56 Å². The number of imidazole rings is 1. The Morgan fingerprint density at radius 1 is 0.926 bits per heavy atom. The van der Waals surface area contributed by atoms with Crippen molar-refractivity contribution in [3.05, 3.63) is 84.1 Å². The molecule has 3 aromatic heterocycles. The highest BCUT2D eigenvalue weighted by Gasteiger charge is 2.09. The Kier molecular flexibility index (Phi) is 4.75. The van der Waals surface area contributed by atoms with Gasteiger partial charge in [0.25, 0.3) is 0 Å². The SMILES string of the molecule is Cc1cnnc(-c2ccc(-c3nccn3CCc3cccnc3)cc2)c1C. The second-order valence-corrected chi connectivity index (χ2v) is 6.63. The minimum Gasteiger partial charge on any atom is -0.331 e. The quantitative estimate of drug-likeness (QED) is 0.537. The Bertz CT molecular complexity index is 1040. The lowest BCUT2D eigenvalue weighted by atomic mass is 10.0. The van der Waals surface area contributed by atoms with Gasteiger partial charge in [-0.05, 0) is 43.0 Å². The first-order valence-electron chi connectivity index (χ1n) is 9.02. The van der Waals surface area contributed by atoms with E-state index < -0.39 is 0 Å². The number of rotatable bonds is 5. The predicted octanol–water partition coefficient (Wildman–Crippen LogP) is 4.26. The van der Waals surface area contributed by atoms with Crippen LogP contribution in [0.5, 0.6) is 0 Å². The van der Waals surface area contributed by atoms with Crippen molar-refractivity contribution in [2.24, 2.45) is 0 Å². The molecule has 0 radical (unpaired) electrons. The van der Waals surface area contributed by atoms with Crippen LogP contribution in [0.3, 0.4) is 0 Å². The summed E-state index contributed by atoms with van der Waals surface area (Å²) >= 11 is 0. The Labute approximate surface area is 158 Å². The summed E-state index contributed by atoms with van der Waals surface area (Å²) in [5.41, 5.74) is 6.63. The lowest BCUT2D eigenvalue weighted by molar-refractivity contribution is 0.701. The van der Waals surface area contributed by atoms with Crippen molar-refractivity contribution in [2.75, 3.05) is 0 Å². The van der Waals surface area contributed by atoms with E-state index in [1.54, 1.807) is 12.4 Å². The molecule has 0 bridgehead atoms. The lowest BCUT2D eigenvalue weighted by Crippen LogP contribution is -2.03. The molecule has 0 amide bonds. The molecule has 0 aliphatic rings. The summed E-state index contributed by atoms with van der Waals surface area (Å²) in [5, 5.41) is 8.40. The predicted molar refractivity (Wildman–Crippen MR) is 106 cm³/mol. The van der Waals surface area contributed by atoms with Crippen molar-refractivity contribution in [1.82, 2.24) is 24.7 Å². The molecule has 0 spiro atoms. The Morgan fingerprint density at radius 3 is 2.52 bits per heavy atom. The largest absolute Gasteiger partial charge is 0.331 e. The minimum absolute atomic E-state index is 0.866. The van der Waals surface area contributed by atoms with E-state index >= 15 is 0 Å². The van der Waals surface area contributed by atoms with Crippen LogP contribution in [0.15, 0.2) is 67.4 Å². The Morgan fingerprint density at radius 2 is 1.74 bits per heavy atom. The molecule has 4 rings (SSSR count). The number of aryl methyl sites for hydroxylation is 3. The minimum atomic E-state index is 0.866. The maximum atomic E-state index is 4.55. The molecule has 0 aliphatic carbocycles. The molecule has 0 saturated carbocycles. The van der Waals surface area contributed by atoms with Gasteiger partial charge in [0.2, 0.25) is 0 Å². The molecule has 134 valence electrons. The third-order valence-corrected chi connectivity index (χ3v) is 4.85. The van der Waals surface area contributed by atoms with E-state index in [4.69, 9.17) is 0 Å². The number of hydrogen-bond donors (Lipinski definition) is 0. The fourth-order valence-electron chi connectivity index (χ4n) is 3.13. The standard InChI is InChI=1S/C22H21N5/c1-16-14-25-26-21(17(16)2)19-5-7-20(8-6-19)22-24-11-13-27(22)12-9-18-4-3-10-23-15-18/h3-8,10-11,13-15H,9,12H2,1-2H3. The Balaban J connectivity index is 1.56. The summed E-state index contributed by atoms with van der Waals surface area (Å²) in [5.74, 6) is 0.970. The number of hydrogen-bond acceptors (Lipinski definition) is 4. The number of nitrogens with zero attached hydrogens (tertiary/aromatic N) is 5. The number of pyridine rings is 1. The van der Waals surface area contributed by atoms with Gasteiger partial charge in [-0.25, -0.2) is 4.98 Å². The maximum absolute atomic E-state index is 4.55. The van der Waals surface area contributed by atoms with Crippen molar-refractivity contribution < 1.29 is 0 Å². The van der Waals surface area contributed by atoms with Crippen LogP contribution in [0.4, 0.5) is 0 Å². The smallest absolute Gasteiger partial charge is 0.139 e. The molecule has 1 aromatic carbocycles. The van der Waals surface area contributed by atoms with Crippen LogP contribution < -0.4 is 0 Å². The van der Waals surface area contributed by atoms with Crippen LogP contribution in [0, 0.1) is 13.8 Å². The van der Waals surface area contributed by atoms with Gasteiger partial charge < -0.3 is 4.57 Å². The van der Waals surface area contributed by atoms with Crippen LogP contribution in [-0.2, 0) is 13.0 Å². The average molecular weight is 355 g/mol.